The minimum absolute atomic E-state index is 0.238. The van der Waals surface area contributed by atoms with Gasteiger partial charge < -0.3 is 14.7 Å². The Morgan fingerprint density at radius 2 is 2.22 bits per heavy atom. The van der Waals surface area contributed by atoms with Crippen LogP contribution in [0.5, 0.6) is 11.5 Å². The number of rotatable bonds is 4. The van der Waals surface area contributed by atoms with E-state index in [-0.39, 0.29) is 5.75 Å². The Hall–Kier alpha value is -1.22. The molecule has 1 saturated heterocycles. The van der Waals surface area contributed by atoms with Crippen molar-refractivity contribution in [3.05, 3.63) is 23.8 Å². The molecule has 100 valence electrons. The van der Waals surface area contributed by atoms with E-state index in [1.165, 1.54) is 31.4 Å². The summed E-state index contributed by atoms with van der Waals surface area (Å²) in [4.78, 5) is 1.65. The van der Waals surface area contributed by atoms with E-state index in [2.05, 4.69) is 6.92 Å². The van der Waals surface area contributed by atoms with Gasteiger partial charge in [0.1, 0.15) is 6.54 Å². The van der Waals surface area contributed by atoms with E-state index >= 15 is 0 Å². The van der Waals surface area contributed by atoms with Gasteiger partial charge in [0.25, 0.3) is 0 Å². The lowest BCUT2D eigenvalue weighted by Crippen LogP contribution is -3.14. The molecular formula is C15H24NO2+. The summed E-state index contributed by atoms with van der Waals surface area (Å²) >= 11 is 0. The molecule has 1 aromatic rings. The zero-order valence-electron chi connectivity index (χ0n) is 11.4. The maximum absolute atomic E-state index is 9.69. The van der Waals surface area contributed by atoms with Gasteiger partial charge in [-0.2, -0.15) is 0 Å². The second-order valence-electron chi connectivity index (χ2n) is 5.22. The van der Waals surface area contributed by atoms with Gasteiger partial charge in [0, 0.05) is 5.56 Å². The number of hydrogen-bond acceptors (Lipinski definition) is 2. The molecule has 0 saturated carbocycles. The molecule has 1 fully saturated rings. The van der Waals surface area contributed by atoms with E-state index in [4.69, 9.17) is 4.74 Å². The normalized spacial score (nSPS) is 23.9. The minimum Gasteiger partial charge on any atom is -0.504 e. The van der Waals surface area contributed by atoms with Crippen LogP contribution in [0.25, 0.3) is 0 Å². The van der Waals surface area contributed by atoms with E-state index in [1.54, 1.807) is 11.0 Å². The quantitative estimate of drug-likeness (QED) is 0.853. The van der Waals surface area contributed by atoms with Crippen LogP contribution in [0.3, 0.4) is 0 Å². The summed E-state index contributed by atoms with van der Waals surface area (Å²) in [6.45, 7) is 7.14. The molecule has 1 heterocycles. The van der Waals surface area contributed by atoms with Gasteiger partial charge in [-0.15, -0.1) is 0 Å². The van der Waals surface area contributed by atoms with Crippen LogP contribution >= 0.6 is 0 Å². The Kier molecular flexibility index (Phi) is 4.48. The number of likely N-dealkylation sites (tertiary alicyclic amines) is 1. The van der Waals surface area contributed by atoms with Crippen molar-refractivity contribution in [2.75, 3.05) is 13.2 Å². The number of aromatic hydroxyl groups is 1. The third-order valence-corrected chi connectivity index (χ3v) is 3.84. The molecule has 0 radical (unpaired) electrons. The van der Waals surface area contributed by atoms with Gasteiger partial charge in [-0.05, 0) is 51.3 Å². The average molecular weight is 250 g/mol. The lowest BCUT2D eigenvalue weighted by Gasteiger charge is -2.30. The van der Waals surface area contributed by atoms with Crippen molar-refractivity contribution >= 4 is 0 Å². The van der Waals surface area contributed by atoms with Gasteiger partial charge in [-0.25, -0.2) is 0 Å². The largest absolute Gasteiger partial charge is 0.504 e. The summed E-state index contributed by atoms with van der Waals surface area (Å²) < 4.78 is 5.43. The fourth-order valence-corrected chi connectivity index (χ4v) is 2.72. The molecule has 3 nitrogen and oxygen atoms in total. The summed E-state index contributed by atoms with van der Waals surface area (Å²) in [6.07, 6.45) is 4.02. The van der Waals surface area contributed by atoms with Gasteiger partial charge >= 0.3 is 0 Å². The molecule has 1 aliphatic heterocycles. The molecule has 2 rings (SSSR count). The summed E-state index contributed by atoms with van der Waals surface area (Å²) in [7, 11) is 0. The third kappa shape index (κ3) is 3.16. The average Bonchev–Trinajstić information content (AvgIpc) is 2.36. The summed E-state index contributed by atoms with van der Waals surface area (Å²) in [5.41, 5.74) is 1.25. The van der Waals surface area contributed by atoms with E-state index in [9.17, 15) is 5.11 Å². The highest BCUT2D eigenvalue weighted by molar-refractivity contribution is 5.41. The van der Waals surface area contributed by atoms with Crippen LogP contribution < -0.4 is 9.64 Å². The Bertz CT molecular complexity index is 392. The maximum Gasteiger partial charge on any atom is 0.161 e. The van der Waals surface area contributed by atoms with Crippen LogP contribution in [-0.2, 0) is 6.54 Å². The van der Waals surface area contributed by atoms with Gasteiger partial charge in [0.2, 0.25) is 0 Å². The fraction of sp³-hybridized carbons (Fsp3) is 0.600. The Balaban J connectivity index is 2.06. The van der Waals surface area contributed by atoms with Gasteiger partial charge in [0.15, 0.2) is 11.5 Å². The third-order valence-electron chi connectivity index (χ3n) is 3.84. The molecular weight excluding hydrogens is 226 g/mol. The maximum atomic E-state index is 9.69. The van der Waals surface area contributed by atoms with E-state index in [1.807, 2.05) is 19.1 Å². The van der Waals surface area contributed by atoms with Gasteiger partial charge in [-0.1, -0.05) is 0 Å². The molecule has 0 amide bonds. The van der Waals surface area contributed by atoms with E-state index in [0.717, 1.165) is 12.6 Å². The molecule has 2 atom stereocenters. The number of nitrogens with one attached hydrogen (secondary N) is 1. The van der Waals surface area contributed by atoms with Crippen molar-refractivity contribution in [2.24, 2.45) is 0 Å². The summed E-state index contributed by atoms with van der Waals surface area (Å²) in [6, 6.07) is 6.47. The SMILES string of the molecule is CCOc1cc(C[NH+]2CCCC[C@@H]2C)ccc1O. The topological polar surface area (TPSA) is 33.9 Å². The lowest BCUT2D eigenvalue weighted by atomic mass is 10.0. The Morgan fingerprint density at radius 3 is 2.94 bits per heavy atom. The predicted molar refractivity (Wildman–Crippen MR) is 72.1 cm³/mol. The van der Waals surface area contributed by atoms with Crippen molar-refractivity contribution in [1.82, 2.24) is 0 Å². The van der Waals surface area contributed by atoms with Crippen molar-refractivity contribution in [3.63, 3.8) is 0 Å². The van der Waals surface area contributed by atoms with Gasteiger partial charge in [0.05, 0.1) is 19.2 Å². The highest BCUT2D eigenvalue weighted by Gasteiger charge is 2.22. The molecule has 1 aliphatic rings. The van der Waals surface area contributed by atoms with Crippen LogP contribution in [0, 0.1) is 0 Å². The van der Waals surface area contributed by atoms with Crippen molar-refractivity contribution < 1.29 is 14.7 Å². The lowest BCUT2D eigenvalue weighted by molar-refractivity contribution is -0.941. The van der Waals surface area contributed by atoms with Crippen LogP contribution in [0.2, 0.25) is 0 Å². The summed E-state index contributed by atoms with van der Waals surface area (Å²) in [5.74, 6) is 0.848. The molecule has 0 bridgehead atoms. The fourth-order valence-electron chi connectivity index (χ4n) is 2.72. The zero-order valence-corrected chi connectivity index (χ0v) is 11.4. The first-order valence-corrected chi connectivity index (χ1v) is 7.00. The Labute approximate surface area is 109 Å². The molecule has 3 heteroatoms. The molecule has 0 aromatic heterocycles. The van der Waals surface area contributed by atoms with Crippen LogP contribution in [0.15, 0.2) is 18.2 Å². The van der Waals surface area contributed by atoms with Crippen LogP contribution in [0.1, 0.15) is 38.7 Å². The van der Waals surface area contributed by atoms with Crippen LogP contribution in [0.4, 0.5) is 0 Å². The smallest absolute Gasteiger partial charge is 0.161 e. The molecule has 0 aliphatic carbocycles. The van der Waals surface area contributed by atoms with E-state index in [0.29, 0.717) is 12.4 Å². The highest BCUT2D eigenvalue weighted by atomic mass is 16.5. The molecule has 1 aromatic carbocycles. The number of hydrogen-bond donors (Lipinski definition) is 2. The second kappa shape index (κ2) is 6.10. The predicted octanol–water partition coefficient (Wildman–Crippen LogP) is 1.75. The first kappa shape index (κ1) is 13.2. The number of phenols is 1. The van der Waals surface area contributed by atoms with Crippen molar-refractivity contribution in [2.45, 2.75) is 45.7 Å². The Morgan fingerprint density at radius 1 is 1.39 bits per heavy atom. The van der Waals surface area contributed by atoms with Crippen LogP contribution in [-0.4, -0.2) is 24.3 Å². The van der Waals surface area contributed by atoms with Gasteiger partial charge in [-0.3, -0.25) is 0 Å². The van der Waals surface area contributed by atoms with E-state index < -0.39 is 0 Å². The van der Waals surface area contributed by atoms with Crippen molar-refractivity contribution in [3.8, 4) is 11.5 Å². The molecule has 18 heavy (non-hydrogen) atoms. The number of piperidine rings is 1. The summed E-state index contributed by atoms with van der Waals surface area (Å²) in [5, 5.41) is 9.69. The molecule has 0 spiro atoms. The molecule has 2 N–H and O–H groups in total. The standard InChI is InChI=1S/C15H23NO2/c1-3-18-15-10-13(7-8-14(15)17)11-16-9-5-4-6-12(16)2/h7-8,10,12,17H,3-6,9,11H2,1-2H3/p+1/t12-/m0/s1. The molecule has 1 unspecified atom stereocenters. The highest BCUT2D eigenvalue weighted by Crippen LogP contribution is 2.26. The first-order valence-electron chi connectivity index (χ1n) is 7.00. The number of ether oxygens (including phenoxy) is 1. The van der Waals surface area contributed by atoms with Crippen molar-refractivity contribution in [1.29, 1.82) is 0 Å². The second-order valence-corrected chi connectivity index (χ2v) is 5.22. The monoisotopic (exact) mass is 250 g/mol. The number of quaternary nitrogens is 1. The number of benzene rings is 1. The first-order chi connectivity index (χ1) is 8.70. The zero-order chi connectivity index (χ0) is 13.0. The minimum atomic E-state index is 0.238. The number of phenolic OH excluding ortho intramolecular Hbond substituents is 1.